The topological polar surface area (TPSA) is 46.3 Å². The van der Waals surface area contributed by atoms with Gasteiger partial charge in [0.2, 0.25) is 5.91 Å². The molecule has 3 unspecified atom stereocenters. The van der Waals surface area contributed by atoms with Gasteiger partial charge in [-0.3, -0.25) is 4.79 Å². The third-order valence-electron chi connectivity index (χ3n) is 5.69. The molecule has 4 rings (SSSR count). The zero-order valence-corrected chi connectivity index (χ0v) is 14.3. The fourth-order valence-electron chi connectivity index (χ4n) is 4.12. The van der Waals surface area contributed by atoms with E-state index in [4.69, 9.17) is 5.73 Å². The van der Waals surface area contributed by atoms with Crippen molar-refractivity contribution in [2.75, 3.05) is 0 Å². The summed E-state index contributed by atoms with van der Waals surface area (Å²) in [5, 5.41) is 2.49. The Morgan fingerprint density at radius 2 is 1.83 bits per heavy atom. The Bertz CT molecular complexity index is 752. The number of benzene rings is 2. The highest BCUT2D eigenvalue weighted by Crippen LogP contribution is 2.38. The van der Waals surface area contributed by atoms with E-state index in [0.29, 0.717) is 11.9 Å². The number of amides is 1. The molecule has 0 radical (unpaired) electrons. The van der Waals surface area contributed by atoms with Crippen LogP contribution in [0.15, 0.2) is 42.5 Å². The van der Waals surface area contributed by atoms with Crippen molar-refractivity contribution >= 4 is 16.7 Å². The second-order valence-corrected chi connectivity index (χ2v) is 7.53. The third kappa shape index (κ3) is 2.93. The van der Waals surface area contributed by atoms with Crippen LogP contribution in [0.1, 0.15) is 50.6 Å². The van der Waals surface area contributed by atoms with Gasteiger partial charge in [0.1, 0.15) is 0 Å². The first-order valence-electron chi connectivity index (χ1n) is 9.20. The largest absolute Gasteiger partial charge is 0.333 e. The average molecular weight is 322 g/mol. The SMILES string of the molecule is CC(c1ccc2ccccc2c1)N(C(=O)C1CCC(N)C1)C1CC1. The van der Waals surface area contributed by atoms with Crippen LogP contribution in [0.5, 0.6) is 0 Å². The molecule has 1 amide bonds. The molecule has 0 bridgehead atoms. The first kappa shape index (κ1) is 15.6. The summed E-state index contributed by atoms with van der Waals surface area (Å²) in [6, 6.07) is 15.8. The van der Waals surface area contributed by atoms with Gasteiger partial charge < -0.3 is 10.6 Å². The summed E-state index contributed by atoms with van der Waals surface area (Å²) in [6.45, 7) is 2.18. The van der Waals surface area contributed by atoms with Gasteiger partial charge in [-0.15, -0.1) is 0 Å². The van der Waals surface area contributed by atoms with Crippen molar-refractivity contribution in [3.63, 3.8) is 0 Å². The minimum Gasteiger partial charge on any atom is -0.333 e. The molecular weight excluding hydrogens is 296 g/mol. The Balaban J connectivity index is 1.61. The minimum absolute atomic E-state index is 0.128. The van der Waals surface area contributed by atoms with E-state index in [9.17, 15) is 4.79 Å². The van der Waals surface area contributed by atoms with Gasteiger partial charge in [-0.25, -0.2) is 0 Å². The Kier molecular flexibility index (Phi) is 4.05. The molecule has 3 nitrogen and oxygen atoms in total. The third-order valence-corrected chi connectivity index (χ3v) is 5.69. The number of fused-ring (bicyclic) bond motifs is 1. The van der Waals surface area contributed by atoms with Crippen LogP contribution >= 0.6 is 0 Å². The Labute approximate surface area is 143 Å². The van der Waals surface area contributed by atoms with E-state index in [2.05, 4.69) is 54.3 Å². The van der Waals surface area contributed by atoms with Gasteiger partial charge in [0.05, 0.1) is 6.04 Å². The van der Waals surface area contributed by atoms with Crippen LogP contribution in [0.3, 0.4) is 0 Å². The van der Waals surface area contributed by atoms with Crippen molar-refractivity contribution in [3.8, 4) is 0 Å². The van der Waals surface area contributed by atoms with Crippen molar-refractivity contribution in [1.82, 2.24) is 4.90 Å². The van der Waals surface area contributed by atoms with Crippen LogP contribution in [0.2, 0.25) is 0 Å². The van der Waals surface area contributed by atoms with Gasteiger partial charge in [0.15, 0.2) is 0 Å². The molecule has 0 aliphatic heterocycles. The molecule has 2 saturated carbocycles. The second-order valence-electron chi connectivity index (χ2n) is 7.53. The molecular formula is C21H26N2O. The lowest BCUT2D eigenvalue weighted by molar-refractivity contribution is -0.138. The highest BCUT2D eigenvalue weighted by atomic mass is 16.2. The Morgan fingerprint density at radius 1 is 1.08 bits per heavy atom. The number of nitrogens with two attached hydrogens (primary N) is 1. The molecule has 2 N–H and O–H groups in total. The Morgan fingerprint density at radius 3 is 2.50 bits per heavy atom. The lowest BCUT2D eigenvalue weighted by atomic mass is 9.99. The van der Waals surface area contributed by atoms with E-state index in [1.54, 1.807) is 0 Å². The smallest absolute Gasteiger partial charge is 0.226 e. The van der Waals surface area contributed by atoms with Gasteiger partial charge in [0, 0.05) is 18.0 Å². The zero-order chi connectivity index (χ0) is 16.7. The molecule has 0 spiro atoms. The maximum absolute atomic E-state index is 13.1. The van der Waals surface area contributed by atoms with E-state index in [1.165, 1.54) is 16.3 Å². The fraction of sp³-hybridized carbons (Fsp3) is 0.476. The summed E-state index contributed by atoms with van der Waals surface area (Å²) >= 11 is 0. The quantitative estimate of drug-likeness (QED) is 0.924. The molecule has 0 aromatic heterocycles. The fourth-order valence-corrected chi connectivity index (χ4v) is 4.12. The molecule has 2 aromatic carbocycles. The van der Waals surface area contributed by atoms with Crippen LogP contribution < -0.4 is 5.73 Å². The number of rotatable bonds is 4. The first-order chi connectivity index (χ1) is 11.6. The Hall–Kier alpha value is -1.87. The van der Waals surface area contributed by atoms with Crippen LogP contribution in [-0.2, 0) is 4.79 Å². The monoisotopic (exact) mass is 322 g/mol. The van der Waals surface area contributed by atoms with Gasteiger partial charge >= 0.3 is 0 Å². The predicted octanol–water partition coefficient (Wildman–Crippen LogP) is 4.02. The van der Waals surface area contributed by atoms with E-state index in [1.807, 2.05) is 0 Å². The van der Waals surface area contributed by atoms with E-state index in [-0.39, 0.29) is 18.0 Å². The lowest BCUT2D eigenvalue weighted by Crippen LogP contribution is -2.39. The normalized spacial score (nSPS) is 24.9. The molecule has 3 atom stereocenters. The van der Waals surface area contributed by atoms with Gasteiger partial charge in [0.25, 0.3) is 0 Å². The van der Waals surface area contributed by atoms with Crippen molar-refractivity contribution in [3.05, 3.63) is 48.0 Å². The second kappa shape index (κ2) is 6.21. The van der Waals surface area contributed by atoms with Gasteiger partial charge in [-0.05, 0) is 61.4 Å². The van der Waals surface area contributed by atoms with E-state index < -0.39 is 0 Å². The predicted molar refractivity (Wildman–Crippen MR) is 97.5 cm³/mol. The highest BCUT2D eigenvalue weighted by Gasteiger charge is 2.40. The maximum atomic E-state index is 13.1. The number of carbonyl (C=O) groups excluding carboxylic acids is 1. The molecule has 24 heavy (non-hydrogen) atoms. The van der Waals surface area contributed by atoms with Crippen molar-refractivity contribution in [1.29, 1.82) is 0 Å². The number of nitrogens with zero attached hydrogens (tertiary/aromatic N) is 1. The lowest BCUT2D eigenvalue weighted by Gasteiger charge is -2.32. The van der Waals surface area contributed by atoms with E-state index in [0.717, 1.165) is 32.1 Å². The number of carbonyl (C=O) groups is 1. The van der Waals surface area contributed by atoms with E-state index >= 15 is 0 Å². The number of hydrogen-bond acceptors (Lipinski definition) is 2. The average Bonchev–Trinajstić information content (AvgIpc) is 3.34. The first-order valence-corrected chi connectivity index (χ1v) is 9.20. The molecule has 2 fully saturated rings. The summed E-state index contributed by atoms with van der Waals surface area (Å²) in [6.07, 6.45) is 5.07. The van der Waals surface area contributed by atoms with Crippen molar-refractivity contribution in [2.45, 2.75) is 57.2 Å². The maximum Gasteiger partial charge on any atom is 0.226 e. The summed E-state index contributed by atoms with van der Waals surface area (Å²) in [7, 11) is 0. The van der Waals surface area contributed by atoms with Crippen LogP contribution in [0.4, 0.5) is 0 Å². The summed E-state index contributed by atoms with van der Waals surface area (Å²) in [5.41, 5.74) is 7.27. The van der Waals surface area contributed by atoms with Gasteiger partial charge in [-0.2, -0.15) is 0 Å². The molecule has 3 heteroatoms. The zero-order valence-electron chi connectivity index (χ0n) is 14.3. The molecule has 0 heterocycles. The molecule has 2 aliphatic carbocycles. The van der Waals surface area contributed by atoms with Crippen LogP contribution in [0.25, 0.3) is 10.8 Å². The summed E-state index contributed by atoms with van der Waals surface area (Å²) in [5.74, 6) is 0.453. The van der Waals surface area contributed by atoms with Crippen molar-refractivity contribution < 1.29 is 4.79 Å². The van der Waals surface area contributed by atoms with Crippen LogP contribution in [0, 0.1) is 5.92 Å². The summed E-state index contributed by atoms with van der Waals surface area (Å²) < 4.78 is 0. The molecule has 2 aliphatic rings. The molecule has 126 valence electrons. The molecule has 0 saturated heterocycles. The van der Waals surface area contributed by atoms with Gasteiger partial charge in [-0.1, -0.05) is 36.4 Å². The van der Waals surface area contributed by atoms with Crippen molar-refractivity contribution in [2.24, 2.45) is 11.7 Å². The molecule has 2 aromatic rings. The standard InChI is InChI=1S/C21H26N2O/c1-14(16-7-6-15-4-2-3-5-17(15)12-16)23(20-10-11-20)21(24)18-8-9-19(22)13-18/h2-7,12,14,18-20H,8-11,13,22H2,1H3. The van der Waals surface area contributed by atoms with Crippen LogP contribution in [-0.4, -0.2) is 22.9 Å². The minimum atomic E-state index is 0.128. The highest BCUT2D eigenvalue weighted by molar-refractivity contribution is 5.84. The summed E-state index contributed by atoms with van der Waals surface area (Å²) in [4.78, 5) is 15.3. The number of hydrogen-bond donors (Lipinski definition) is 1.